The van der Waals surface area contributed by atoms with Gasteiger partial charge in [-0.1, -0.05) is 29.8 Å². The zero-order valence-corrected chi connectivity index (χ0v) is 14.0. The van der Waals surface area contributed by atoms with Gasteiger partial charge in [0.15, 0.2) is 11.5 Å². The smallest absolute Gasteiger partial charge is 0.274 e. The van der Waals surface area contributed by atoms with Crippen molar-refractivity contribution in [2.75, 3.05) is 13.2 Å². The first-order valence-corrected chi connectivity index (χ1v) is 8.35. The highest BCUT2D eigenvalue weighted by Gasteiger charge is 2.14. The SMILES string of the molecule is O=c1[nH]c2ccccc2nc1/C=C/c1cc(Cl)c2c(c1)OCCCO2. The highest BCUT2D eigenvalue weighted by atomic mass is 35.5. The summed E-state index contributed by atoms with van der Waals surface area (Å²) in [5.74, 6) is 1.18. The van der Waals surface area contributed by atoms with Gasteiger partial charge >= 0.3 is 0 Å². The van der Waals surface area contributed by atoms with Gasteiger partial charge in [-0.15, -0.1) is 0 Å². The van der Waals surface area contributed by atoms with E-state index in [-0.39, 0.29) is 5.56 Å². The van der Waals surface area contributed by atoms with E-state index >= 15 is 0 Å². The molecule has 1 aromatic heterocycles. The number of aromatic amines is 1. The molecule has 0 atom stereocenters. The minimum absolute atomic E-state index is 0.240. The van der Waals surface area contributed by atoms with Crippen LogP contribution in [-0.4, -0.2) is 23.2 Å². The number of aromatic nitrogens is 2. The number of fused-ring (bicyclic) bond motifs is 2. The number of nitrogens with zero attached hydrogens (tertiary/aromatic N) is 1. The molecule has 0 aliphatic carbocycles. The fraction of sp³-hybridized carbons (Fsp3) is 0.158. The highest BCUT2D eigenvalue weighted by molar-refractivity contribution is 6.32. The summed E-state index contributed by atoms with van der Waals surface area (Å²) in [4.78, 5) is 19.4. The van der Waals surface area contributed by atoms with Crippen molar-refractivity contribution in [2.45, 2.75) is 6.42 Å². The Morgan fingerprint density at radius 1 is 1.12 bits per heavy atom. The Labute approximate surface area is 148 Å². The molecule has 1 aliphatic heterocycles. The van der Waals surface area contributed by atoms with Crippen molar-refractivity contribution in [2.24, 2.45) is 0 Å². The van der Waals surface area contributed by atoms with Gasteiger partial charge in [0.1, 0.15) is 5.69 Å². The Kier molecular flexibility index (Phi) is 4.15. The van der Waals surface area contributed by atoms with Crippen molar-refractivity contribution in [1.29, 1.82) is 0 Å². The van der Waals surface area contributed by atoms with E-state index in [1.165, 1.54) is 0 Å². The van der Waals surface area contributed by atoms with Gasteiger partial charge in [0.2, 0.25) is 0 Å². The maximum Gasteiger partial charge on any atom is 0.274 e. The molecule has 4 rings (SSSR count). The third kappa shape index (κ3) is 3.23. The fourth-order valence-corrected chi connectivity index (χ4v) is 2.95. The number of rotatable bonds is 2. The zero-order chi connectivity index (χ0) is 17.2. The van der Waals surface area contributed by atoms with Gasteiger partial charge in [-0.2, -0.15) is 0 Å². The molecular formula is C19H15ClN2O3. The molecule has 0 spiro atoms. The molecule has 6 heteroatoms. The summed E-state index contributed by atoms with van der Waals surface area (Å²) >= 11 is 6.29. The second kappa shape index (κ2) is 6.61. The standard InChI is InChI=1S/C19H15ClN2O3/c20-13-10-12(11-17-18(13)25-9-3-8-24-17)6-7-16-19(23)22-15-5-2-1-4-14(15)21-16/h1-2,4-7,10-11H,3,8-9H2,(H,22,23)/b7-6+. The lowest BCUT2D eigenvalue weighted by Gasteiger charge is -2.09. The molecule has 0 unspecified atom stereocenters. The topological polar surface area (TPSA) is 64.2 Å². The van der Waals surface area contributed by atoms with E-state index in [1.54, 1.807) is 18.2 Å². The van der Waals surface area contributed by atoms with Crippen LogP contribution in [0, 0.1) is 0 Å². The van der Waals surface area contributed by atoms with E-state index in [0.717, 1.165) is 17.5 Å². The third-order valence-electron chi connectivity index (χ3n) is 3.88. The Hall–Kier alpha value is -2.79. The quantitative estimate of drug-likeness (QED) is 0.757. The van der Waals surface area contributed by atoms with E-state index in [2.05, 4.69) is 9.97 Å². The highest BCUT2D eigenvalue weighted by Crippen LogP contribution is 2.38. The average molecular weight is 355 g/mol. The van der Waals surface area contributed by atoms with Crippen LogP contribution in [0.15, 0.2) is 41.2 Å². The van der Waals surface area contributed by atoms with Crippen molar-refractivity contribution < 1.29 is 9.47 Å². The van der Waals surface area contributed by atoms with Crippen molar-refractivity contribution in [3.8, 4) is 11.5 Å². The Morgan fingerprint density at radius 3 is 2.88 bits per heavy atom. The van der Waals surface area contributed by atoms with Crippen LogP contribution in [0.2, 0.25) is 5.02 Å². The first-order valence-electron chi connectivity index (χ1n) is 7.97. The molecular weight excluding hydrogens is 340 g/mol. The lowest BCUT2D eigenvalue weighted by Crippen LogP contribution is -2.11. The van der Waals surface area contributed by atoms with Crippen LogP contribution in [0.5, 0.6) is 11.5 Å². The average Bonchev–Trinajstić information content (AvgIpc) is 2.86. The van der Waals surface area contributed by atoms with Crippen LogP contribution in [0.1, 0.15) is 17.7 Å². The number of benzene rings is 2. The monoisotopic (exact) mass is 354 g/mol. The second-order valence-corrected chi connectivity index (χ2v) is 6.09. The Bertz CT molecular complexity index is 1030. The van der Waals surface area contributed by atoms with Crippen LogP contribution >= 0.6 is 11.6 Å². The molecule has 0 saturated heterocycles. The van der Waals surface area contributed by atoms with Crippen LogP contribution < -0.4 is 15.0 Å². The molecule has 1 N–H and O–H groups in total. The zero-order valence-electron chi connectivity index (χ0n) is 13.3. The molecule has 0 radical (unpaired) electrons. The number of para-hydroxylation sites is 2. The summed E-state index contributed by atoms with van der Waals surface area (Å²) in [5.41, 5.74) is 2.35. The molecule has 0 amide bonds. The van der Waals surface area contributed by atoms with Gasteiger partial charge in [0.05, 0.1) is 29.3 Å². The summed E-state index contributed by atoms with van der Waals surface area (Å²) in [7, 11) is 0. The second-order valence-electron chi connectivity index (χ2n) is 5.68. The number of hydrogen-bond acceptors (Lipinski definition) is 4. The van der Waals surface area contributed by atoms with Gasteiger partial charge in [0.25, 0.3) is 5.56 Å². The molecule has 0 bridgehead atoms. The summed E-state index contributed by atoms with van der Waals surface area (Å²) in [5, 5.41) is 0.486. The number of halogens is 1. The Balaban J connectivity index is 1.70. The minimum Gasteiger partial charge on any atom is -0.489 e. The van der Waals surface area contributed by atoms with E-state index < -0.39 is 0 Å². The molecule has 0 saturated carbocycles. The van der Waals surface area contributed by atoms with E-state index in [9.17, 15) is 4.79 Å². The maximum absolute atomic E-state index is 12.2. The van der Waals surface area contributed by atoms with Gasteiger partial charge < -0.3 is 14.5 Å². The van der Waals surface area contributed by atoms with Crippen LogP contribution in [0.3, 0.4) is 0 Å². The molecule has 1 aliphatic rings. The molecule has 5 nitrogen and oxygen atoms in total. The molecule has 3 aromatic rings. The fourth-order valence-electron chi connectivity index (χ4n) is 2.68. The van der Waals surface area contributed by atoms with E-state index in [1.807, 2.05) is 30.3 Å². The van der Waals surface area contributed by atoms with Crippen LogP contribution in [0.25, 0.3) is 23.2 Å². The van der Waals surface area contributed by atoms with Gasteiger partial charge in [-0.3, -0.25) is 4.79 Å². The number of hydrogen-bond donors (Lipinski definition) is 1. The van der Waals surface area contributed by atoms with Gasteiger partial charge in [-0.25, -0.2) is 4.98 Å². The van der Waals surface area contributed by atoms with Gasteiger partial charge in [-0.05, 0) is 35.9 Å². The van der Waals surface area contributed by atoms with Gasteiger partial charge in [0, 0.05) is 6.42 Å². The summed E-state index contributed by atoms with van der Waals surface area (Å²) < 4.78 is 11.3. The van der Waals surface area contributed by atoms with Crippen LogP contribution in [-0.2, 0) is 0 Å². The normalized spacial score (nSPS) is 14.0. The van der Waals surface area contributed by atoms with Crippen molar-refractivity contribution >= 4 is 34.8 Å². The molecule has 126 valence electrons. The minimum atomic E-state index is -0.240. The predicted octanol–water partition coefficient (Wildman–Crippen LogP) is 3.91. The first-order chi connectivity index (χ1) is 12.2. The van der Waals surface area contributed by atoms with Crippen molar-refractivity contribution in [1.82, 2.24) is 9.97 Å². The number of ether oxygens (including phenoxy) is 2. The lowest BCUT2D eigenvalue weighted by atomic mass is 10.1. The Morgan fingerprint density at radius 2 is 1.96 bits per heavy atom. The third-order valence-corrected chi connectivity index (χ3v) is 4.16. The number of H-pyrrole nitrogens is 1. The van der Waals surface area contributed by atoms with Crippen molar-refractivity contribution in [3.05, 3.63) is 63.0 Å². The first kappa shape index (κ1) is 15.7. The van der Waals surface area contributed by atoms with E-state index in [0.29, 0.717) is 40.9 Å². The largest absolute Gasteiger partial charge is 0.489 e. The molecule has 2 aromatic carbocycles. The summed E-state index contributed by atoms with van der Waals surface area (Å²) in [6, 6.07) is 11.0. The molecule has 25 heavy (non-hydrogen) atoms. The number of nitrogens with one attached hydrogen (secondary N) is 1. The van der Waals surface area contributed by atoms with E-state index in [4.69, 9.17) is 21.1 Å². The summed E-state index contributed by atoms with van der Waals surface area (Å²) in [6.07, 6.45) is 4.26. The van der Waals surface area contributed by atoms with Crippen molar-refractivity contribution in [3.63, 3.8) is 0 Å². The van der Waals surface area contributed by atoms with Crippen LogP contribution in [0.4, 0.5) is 0 Å². The molecule has 0 fully saturated rings. The summed E-state index contributed by atoms with van der Waals surface area (Å²) in [6.45, 7) is 1.17. The lowest BCUT2D eigenvalue weighted by molar-refractivity contribution is 0.297. The predicted molar refractivity (Wildman–Crippen MR) is 98.4 cm³/mol. The maximum atomic E-state index is 12.2. The molecule has 2 heterocycles.